The first kappa shape index (κ1) is 14.5. The van der Waals surface area contributed by atoms with Crippen LogP contribution in [0.15, 0.2) is 66.7 Å². The van der Waals surface area contributed by atoms with Gasteiger partial charge in [-0.25, -0.2) is 0 Å². The Morgan fingerprint density at radius 3 is 2.19 bits per heavy atom. The average Bonchev–Trinajstić information content (AvgIpc) is 2.53. The first-order valence-electron chi connectivity index (χ1n) is 6.60. The summed E-state index contributed by atoms with van der Waals surface area (Å²) >= 11 is 0. The van der Waals surface area contributed by atoms with Gasteiger partial charge < -0.3 is 10.6 Å². The summed E-state index contributed by atoms with van der Waals surface area (Å²) in [4.78, 5) is 23.2. The summed E-state index contributed by atoms with van der Waals surface area (Å²) in [6.07, 6.45) is 3.11. The van der Waals surface area contributed by atoms with Gasteiger partial charge in [0.05, 0.1) is 6.54 Å². The van der Waals surface area contributed by atoms with Gasteiger partial charge in [-0.2, -0.15) is 0 Å². The fraction of sp³-hybridized carbons (Fsp3) is 0.0588. The lowest BCUT2D eigenvalue weighted by atomic mass is 10.2. The fourth-order valence-corrected chi connectivity index (χ4v) is 1.69. The molecule has 0 spiro atoms. The molecule has 2 N–H and O–H groups in total. The van der Waals surface area contributed by atoms with Crippen LogP contribution in [-0.2, 0) is 9.59 Å². The van der Waals surface area contributed by atoms with Crippen LogP contribution in [0.25, 0.3) is 6.08 Å². The Morgan fingerprint density at radius 1 is 0.905 bits per heavy atom. The molecule has 2 aromatic carbocycles. The molecule has 0 fully saturated rings. The van der Waals surface area contributed by atoms with Gasteiger partial charge in [0, 0.05) is 11.8 Å². The average molecular weight is 280 g/mol. The summed E-state index contributed by atoms with van der Waals surface area (Å²) < 4.78 is 0. The monoisotopic (exact) mass is 280 g/mol. The second-order valence-corrected chi connectivity index (χ2v) is 4.38. The zero-order valence-electron chi connectivity index (χ0n) is 11.5. The van der Waals surface area contributed by atoms with Gasteiger partial charge in [-0.15, -0.1) is 0 Å². The van der Waals surface area contributed by atoms with Crippen LogP contribution in [0.4, 0.5) is 5.69 Å². The molecule has 0 atom stereocenters. The molecule has 2 rings (SSSR count). The van der Waals surface area contributed by atoms with Crippen LogP contribution in [0, 0.1) is 0 Å². The van der Waals surface area contributed by atoms with E-state index in [1.807, 2.05) is 48.5 Å². The second-order valence-electron chi connectivity index (χ2n) is 4.38. The van der Waals surface area contributed by atoms with Gasteiger partial charge in [0.2, 0.25) is 11.8 Å². The number of rotatable bonds is 5. The van der Waals surface area contributed by atoms with Gasteiger partial charge in [-0.3, -0.25) is 9.59 Å². The maximum atomic E-state index is 11.6. The van der Waals surface area contributed by atoms with Crippen molar-refractivity contribution in [2.24, 2.45) is 0 Å². The third-order valence-corrected chi connectivity index (χ3v) is 2.71. The van der Waals surface area contributed by atoms with E-state index < -0.39 is 0 Å². The molecule has 4 nitrogen and oxygen atoms in total. The van der Waals surface area contributed by atoms with E-state index in [2.05, 4.69) is 10.6 Å². The second kappa shape index (κ2) is 7.65. The summed E-state index contributed by atoms with van der Waals surface area (Å²) in [6, 6.07) is 18.6. The third kappa shape index (κ3) is 5.32. The van der Waals surface area contributed by atoms with Crippen LogP contribution in [0.3, 0.4) is 0 Å². The number of carbonyl (C=O) groups is 2. The molecule has 0 aromatic heterocycles. The highest BCUT2D eigenvalue weighted by Crippen LogP contribution is 2.04. The van der Waals surface area contributed by atoms with E-state index in [0.29, 0.717) is 5.69 Å². The number of hydrogen-bond acceptors (Lipinski definition) is 2. The van der Waals surface area contributed by atoms with Gasteiger partial charge in [0.1, 0.15) is 0 Å². The molecule has 0 unspecified atom stereocenters. The van der Waals surface area contributed by atoms with E-state index in [-0.39, 0.29) is 18.4 Å². The summed E-state index contributed by atoms with van der Waals surface area (Å²) in [7, 11) is 0. The van der Waals surface area contributed by atoms with Crippen molar-refractivity contribution in [1.29, 1.82) is 0 Å². The minimum Gasteiger partial charge on any atom is -0.343 e. The number of amides is 2. The summed E-state index contributed by atoms with van der Waals surface area (Å²) in [5.74, 6) is -0.565. The van der Waals surface area contributed by atoms with Gasteiger partial charge in [0.15, 0.2) is 0 Å². The van der Waals surface area contributed by atoms with E-state index in [9.17, 15) is 9.59 Å². The van der Waals surface area contributed by atoms with Gasteiger partial charge in [0.25, 0.3) is 0 Å². The van der Waals surface area contributed by atoms with E-state index in [1.54, 1.807) is 18.2 Å². The molecular weight excluding hydrogens is 264 g/mol. The number of nitrogens with one attached hydrogen (secondary N) is 2. The van der Waals surface area contributed by atoms with E-state index in [1.165, 1.54) is 6.08 Å². The highest BCUT2D eigenvalue weighted by Gasteiger charge is 2.03. The van der Waals surface area contributed by atoms with Crippen LogP contribution >= 0.6 is 0 Å². The fourth-order valence-electron chi connectivity index (χ4n) is 1.69. The van der Waals surface area contributed by atoms with Crippen molar-refractivity contribution in [3.05, 3.63) is 72.3 Å². The van der Waals surface area contributed by atoms with Crippen LogP contribution in [0.1, 0.15) is 5.56 Å². The Kier molecular flexibility index (Phi) is 5.29. The molecule has 106 valence electrons. The quantitative estimate of drug-likeness (QED) is 0.827. The largest absolute Gasteiger partial charge is 0.343 e. The van der Waals surface area contributed by atoms with E-state index in [4.69, 9.17) is 0 Å². The molecule has 0 bridgehead atoms. The summed E-state index contributed by atoms with van der Waals surface area (Å²) in [5, 5.41) is 5.23. The third-order valence-electron chi connectivity index (χ3n) is 2.71. The lowest BCUT2D eigenvalue weighted by Gasteiger charge is -2.05. The lowest BCUT2D eigenvalue weighted by Crippen LogP contribution is -2.31. The van der Waals surface area contributed by atoms with Gasteiger partial charge in [-0.1, -0.05) is 48.5 Å². The van der Waals surface area contributed by atoms with Crippen molar-refractivity contribution in [1.82, 2.24) is 5.32 Å². The van der Waals surface area contributed by atoms with Gasteiger partial charge >= 0.3 is 0 Å². The molecule has 4 heteroatoms. The SMILES string of the molecule is O=C(/C=C/c1ccccc1)NCC(=O)Nc1ccccc1. The van der Waals surface area contributed by atoms with Crippen LogP contribution in [0.5, 0.6) is 0 Å². The smallest absolute Gasteiger partial charge is 0.244 e. The van der Waals surface area contributed by atoms with E-state index >= 15 is 0 Å². The Balaban J connectivity index is 1.76. The molecule has 0 aliphatic rings. The topological polar surface area (TPSA) is 58.2 Å². The standard InChI is InChI=1S/C17H16N2O2/c20-16(12-11-14-7-3-1-4-8-14)18-13-17(21)19-15-9-5-2-6-10-15/h1-12H,13H2,(H,18,20)(H,19,21)/b12-11+. The zero-order valence-corrected chi connectivity index (χ0v) is 11.5. The number of benzene rings is 2. The van der Waals surface area contributed by atoms with Gasteiger partial charge in [-0.05, 0) is 23.8 Å². The maximum Gasteiger partial charge on any atom is 0.244 e. The van der Waals surface area contributed by atoms with Crippen LogP contribution < -0.4 is 10.6 Å². The lowest BCUT2D eigenvalue weighted by molar-refractivity contribution is -0.121. The van der Waals surface area contributed by atoms with Crippen molar-refractivity contribution >= 4 is 23.6 Å². The molecule has 0 aliphatic carbocycles. The summed E-state index contributed by atoms with van der Waals surface area (Å²) in [5.41, 5.74) is 1.64. The number of hydrogen-bond donors (Lipinski definition) is 2. The molecular formula is C17H16N2O2. The number of anilines is 1. The maximum absolute atomic E-state index is 11.6. The zero-order chi connectivity index (χ0) is 14.9. The molecule has 21 heavy (non-hydrogen) atoms. The predicted molar refractivity (Wildman–Crippen MR) is 83.6 cm³/mol. The number of para-hydroxylation sites is 1. The predicted octanol–water partition coefficient (Wildman–Crippen LogP) is 2.45. The molecule has 0 saturated heterocycles. The Hall–Kier alpha value is -2.88. The molecule has 0 aliphatic heterocycles. The van der Waals surface area contributed by atoms with Crippen LogP contribution in [-0.4, -0.2) is 18.4 Å². The van der Waals surface area contributed by atoms with E-state index in [0.717, 1.165) is 5.56 Å². The Bertz CT molecular complexity index is 622. The minimum absolute atomic E-state index is 0.0626. The minimum atomic E-state index is -0.304. The van der Waals surface area contributed by atoms with Crippen molar-refractivity contribution in [3.8, 4) is 0 Å². The van der Waals surface area contributed by atoms with Crippen molar-refractivity contribution < 1.29 is 9.59 Å². The van der Waals surface area contributed by atoms with Crippen molar-refractivity contribution in [2.45, 2.75) is 0 Å². The van der Waals surface area contributed by atoms with Crippen molar-refractivity contribution in [3.63, 3.8) is 0 Å². The molecule has 0 saturated carbocycles. The van der Waals surface area contributed by atoms with Crippen molar-refractivity contribution in [2.75, 3.05) is 11.9 Å². The molecule has 2 amide bonds. The number of carbonyl (C=O) groups excluding carboxylic acids is 2. The summed E-state index contributed by atoms with van der Waals surface area (Å²) in [6.45, 7) is -0.0626. The highest BCUT2D eigenvalue weighted by molar-refractivity contribution is 5.97. The first-order valence-corrected chi connectivity index (χ1v) is 6.60. The van der Waals surface area contributed by atoms with Crippen LogP contribution in [0.2, 0.25) is 0 Å². The Labute approximate surface area is 123 Å². The Morgan fingerprint density at radius 2 is 1.52 bits per heavy atom. The highest BCUT2D eigenvalue weighted by atomic mass is 16.2. The molecule has 2 aromatic rings. The first-order chi connectivity index (χ1) is 10.2. The molecule has 0 radical (unpaired) electrons. The molecule has 0 heterocycles. The normalized spacial score (nSPS) is 10.3.